The van der Waals surface area contributed by atoms with Gasteiger partial charge < -0.3 is 20.7 Å². The summed E-state index contributed by atoms with van der Waals surface area (Å²) >= 11 is 0. The lowest BCUT2D eigenvalue weighted by Gasteiger charge is -2.27. The fourth-order valence-electron chi connectivity index (χ4n) is 2.22. The number of rotatable bonds is 4. The van der Waals surface area contributed by atoms with E-state index in [0.29, 0.717) is 6.29 Å². The number of ether oxygens (including phenoxy) is 1. The van der Waals surface area contributed by atoms with Gasteiger partial charge in [-0.3, -0.25) is 9.36 Å². The minimum atomic E-state index is -1.37. The van der Waals surface area contributed by atoms with Crippen LogP contribution >= 0.6 is 0 Å². The van der Waals surface area contributed by atoms with Gasteiger partial charge in [0, 0.05) is 12.6 Å². The number of hydrogen-bond donors (Lipinski definition) is 3. The number of aromatic nitrogens is 2. The van der Waals surface area contributed by atoms with E-state index in [1.165, 1.54) is 18.3 Å². The number of allylic oxidation sites excluding steroid dienone is 1. The summed E-state index contributed by atoms with van der Waals surface area (Å²) in [6, 6.07) is 1.40. The Morgan fingerprint density at radius 2 is 2.40 bits per heavy atom. The van der Waals surface area contributed by atoms with Gasteiger partial charge in [0.25, 0.3) is 0 Å². The van der Waals surface area contributed by atoms with E-state index < -0.39 is 30.2 Å². The lowest BCUT2D eigenvalue weighted by Crippen LogP contribution is -2.41. The van der Waals surface area contributed by atoms with Gasteiger partial charge in [-0.25, -0.2) is 4.79 Å². The zero-order chi connectivity index (χ0) is 14.8. The van der Waals surface area contributed by atoms with Crippen LogP contribution in [0.2, 0.25) is 0 Å². The van der Waals surface area contributed by atoms with Crippen LogP contribution in [0.15, 0.2) is 29.2 Å². The van der Waals surface area contributed by atoms with Crippen molar-refractivity contribution in [3.8, 4) is 0 Å². The second-order valence-corrected chi connectivity index (χ2v) is 4.46. The smallest absolute Gasteiger partial charge is 0.352 e. The average molecular weight is 281 g/mol. The van der Waals surface area contributed by atoms with Crippen molar-refractivity contribution in [2.24, 2.45) is 0 Å². The molecule has 1 aliphatic heterocycles. The molecule has 0 aliphatic carbocycles. The summed E-state index contributed by atoms with van der Waals surface area (Å²) in [7, 11) is 0. The van der Waals surface area contributed by atoms with E-state index in [1.54, 1.807) is 0 Å². The number of nitrogen functional groups attached to an aromatic ring is 1. The molecule has 1 aromatic heterocycles. The number of aldehydes is 1. The summed E-state index contributed by atoms with van der Waals surface area (Å²) in [5.74, 6) is 0.0537. The SMILES string of the molecule is Nc1ccn([C@@]2(/C=C/C=O)C[C@H](O)[C@@H](CO)O2)c(=O)n1. The first-order chi connectivity index (χ1) is 9.52. The highest BCUT2D eigenvalue weighted by Crippen LogP contribution is 2.35. The standard InChI is InChI=1S/C12H15N3O5/c13-10-2-4-15(11(19)14-10)12(3-1-5-16)6-8(18)9(7-17)20-12/h1-5,8-9,17-18H,6-7H2,(H2,13,14,19)/b3-1+/t8-,9+,12+/m0/s1. The maximum atomic E-state index is 11.9. The number of aliphatic hydroxyl groups excluding tert-OH is 2. The monoisotopic (exact) mass is 281 g/mol. The van der Waals surface area contributed by atoms with E-state index in [0.717, 1.165) is 10.6 Å². The van der Waals surface area contributed by atoms with Crippen LogP contribution in [-0.2, 0) is 15.3 Å². The summed E-state index contributed by atoms with van der Waals surface area (Å²) in [5.41, 5.74) is 3.38. The van der Waals surface area contributed by atoms with Gasteiger partial charge in [0.1, 0.15) is 18.2 Å². The number of carbonyl (C=O) groups excluding carboxylic acids is 1. The fourth-order valence-corrected chi connectivity index (χ4v) is 2.22. The Morgan fingerprint density at radius 1 is 1.65 bits per heavy atom. The predicted molar refractivity (Wildman–Crippen MR) is 68.7 cm³/mol. The maximum Gasteiger partial charge on any atom is 0.352 e. The zero-order valence-electron chi connectivity index (χ0n) is 10.5. The molecule has 2 rings (SSSR count). The molecule has 20 heavy (non-hydrogen) atoms. The molecule has 0 amide bonds. The van der Waals surface area contributed by atoms with Crippen molar-refractivity contribution in [1.29, 1.82) is 0 Å². The summed E-state index contributed by atoms with van der Waals surface area (Å²) in [6.45, 7) is -0.408. The minimum Gasteiger partial charge on any atom is -0.394 e. The molecular formula is C12H15N3O5. The first kappa shape index (κ1) is 14.4. The Balaban J connectivity index is 2.51. The van der Waals surface area contributed by atoms with E-state index in [9.17, 15) is 14.7 Å². The third-order valence-electron chi connectivity index (χ3n) is 3.13. The van der Waals surface area contributed by atoms with Crippen LogP contribution in [0.25, 0.3) is 0 Å². The molecular weight excluding hydrogens is 266 g/mol. The lowest BCUT2D eigenvalue weighted by molar-refractivity contribution is -0.105. The molecule has 0 saturated carbocycles. The van der Waals surface area contributed by atoms with Crippen molar-refractivity contribution in [2.75, 3.05) is 12.3 Å². The highest BCUT2D eigenvalue weighted by molar-refractivity contribution is 5.64. The molecule has 1 fully saturated rings. The Kier molecular flexibility index (Phi) is 3.98. The number of carbonyl (C=O) groups is 1. The van der Waals surface area contributed by atoms with Crippen molar-refractivity contribution in [2.45, 2.75) is 24.4 Å². The second-order valence-electron chi connectivity index (χ2n) is 4.46. The summed E-state index contributed by atoms with van der Waals surface area (Å²) in [6.07, 6.45) is 2.59. The first-order valence-corrected chi connectivity index (χ1v) is 5.98. The van der Waals surface area contributed by atoms with Crippen molar-refractivity contribution in [1.82, 2.24) is 9.55 Å². The van der Waals surface area contributed by atoms with Crippen molar-refractivity contribution < 1.29 is 19.7 Å². The number of aliphatic hydroxyl groups is 2. The van der Waals surface area contributed by atoms with E-state index in [1.807, 2.05) is 0 Å². The lowest BCUT2D eigenvalue weighted by atomic mass is 10.1. The number of nitrogens with two attached hydrogens (primary N) is 1. The normalized spacial score (nSPS) is 29.9. The van der Waals surface area contributed by atoms with Gasteiger partial charge in [0.2, 0.25) is 0 Å². The zero-order valence-corrected chi connectivity index (χ0v) is 10.5. The van der Waals surface area contributed by atoms with Crippen molar-refractivity contribution >= 4 is 12.1 Å². The van der Waals surface area contributed by atoms with Gasteiger partial charge in [0.15, 0.2) is 5.72 Å². The van der Waals surface area contributed by atoms with Crippen LogP contribution < -0.4 is 11.4 Å². The molecule has 4 N–H and O–H groups in total. The fraction of sp³-hybridized carbons (Fsp3) is 0.417. The van der Waals surface area contributed by atoms with Crippen LogP contribution in [0.4, 0.5) is 5.82 Å². The van der Waals surface area contributed by atoms with Crippen LogP contribution in [0, 0.1) is 0 Å². The molecule has 0 unspecified atom stereocenters. The second kappa shape index (κ2) is 5.53. The van der Waals surface area contributed by atoms with E-state index in [4.69, 9.17) is 15.6 Å². The number of hydrogen-bond acceptors (Lipinski definition) is 7. The molecule has 8 heteroatoms. The molecule has 0 spiro atoms. The van der Waals surface area contributed by atoms with E-state index >= 15 is 0 Å². The maximum absolute atomic E-state index is 11.9. The first-order valence-electron chi connectivity index (χ1n) is 5.98. The van der Waals surface area contributed by atoms with Gasteiger partial charge in [-0.1, -0.05) is 0 Å². The molecule has 108 valence electrons. The predicted octanol–water partition coefficient (Wildman–Crippen LogP) is -1.62. The molecule has 2 heterocycles. The molecule has 1 aromatic rings. The number of nitrogens with zero attached hydrogens (tertiary/aromatic N) is 2. The third-order valence-corrected chi connectivity index (χ3v) is 3.13. The van der Waals surface area contributed by atoms with Crippen LogP contribution in [0.5, 0.6) is 0 Å². The summed E-state index contributed by atoms with van der Waals surface area (Å²) in [4.78, 5) is 26.0. The summed E-state index contributed by atoms with van der Waals surface area (Å²) in [5, 5.41) is 19.0. The van der Waals surface area contributed by atoms with Crippen molar-refractivity contribution in [3.63, 3.8) is 0 Å². The molecule has 0 radical (unpaired) electrons. The van der Waals surface area contributed by atoms with Crippen LogP contribution in [0.1, 0.15) is 6.42 Å². The highest BCUT2D eigenvalue weighted by Gasteiger charge is 2.46. The van der Waals surface area contributed by atoms with Gasteiger partial charge in [-0.2, -0.15) is 4.98 Å². The number of anilines is 1. The molecule has 0 bridgehead atoms. The van der Waals surface area contributed by atoms with Gasteiger partial charge in [-0.05, 0) is 18.2 Å². The molecule has 1 saturated heterocycles. The van der Waals surface area contributed by atoms with Gasteiger partial charge in [0.05, 0.1) is 12.7 Å². The topological polar surface area (TPSA) is 128 Å². The summed E-state index contributed by atoms with van der Waals surface area (Å²) < 4.78 is 6.68. The van der Waals surface area contributed by atoms with Crippen molar-refractivity contribution in [3.05, 3.63) is 34.9 Å². The Bertz CT molecular complexity index is 585. The van der Waals surface area contributed by atoms with Gasteiger partial charge >= 0.3 is 5.69 Å². The minimum absolute atomic E-state index is 0.00801. The Hall–Kier alpha value is -2.03. The molecule has 8 nitrogen and oxygen atoms in total. The Labute approximate surface area is 114 Å². The molecule has 3 atom stereocenters. The Morgan fingerprint density at radius 3 is 2.95 bits per heavy atom. The largest absolute Gasteiger partial charge is 0.394 e. The molecule has 0 aromatic carbocycles. The highest BCUT2D eigenvalue weighted by atomic mass is 16.6. The quantitative estimate of drug-likeness (QED) is 0.447. The van der Waals surface area contributed by atoms with Crippen LogP contribution in [-0.4, -0.2) is 44.9 Å². The average Bonchev–Trinajstić information content (AvgIpc) is 2.73. The molecule has 1 aliphatic rings. The van der Waals surface area contributed by atoms with E-state index in [-0.39, 0.29) is 12.2 Å². The third kappa shape index (κ3) is 2.48. The van der Waals surface area contributed by atoms with Crippen LogP contribution in [0.3, 0.4) is 0 Å². The van der Waals surface area contributed by atoms with Gasteiger partial charge in [-0.15, -0.1) is 0 Å². The van der Waals surface area contributed by atoms with E-state index in [2.05, 4.69) is 4.98 Å².